The van der Waals surface area contributed by atoms with Gasteiger partial charge < -0.3 is 20.4 Å². The predicted molar refractivity (Wildman–Crippen MR) is 44.6 cm³/mol. The summed E-state index contributed by atoms with van der Waals surface area (Å²) in [5.74, 6) is -1.33. The lowest BCUT2D eigenvalue weighted by molar-refractivity contribution is -0.192. The highest BCUT2D eigenvalue weighted by atomic mass is 16.4. The fourth-order valence-electron chi connectivity index (χ4n) is 1.21. The Labute approximate surface area is 79.3 Å². The van der Waals surface area contributed by atoms with Gasteiger partial charge in [-0.1, -0.05) is 0 Å². The van der Waals surface area contributed by atoms with Crippen molar-refractivity contribution in [3.05, 3.63) is 11.6 Å². The molecule has 0 aromatic rings. The smallest absolute Gasteiger partial charge is 0.331 e. The van der Waals surface area contributed by atoms with Gasteiger partial charge in [-0.15, -0.1) is 0 Å². The highest BCUT2D eigenvalue weighted by molar-refractivity contribution is 5.87. The predicted octanol–water partition coefficient (Wildman–Crippen LogP) is -2.94. The molecule has 8 N–H and O–H groups in total. The van der Waals surface area contributed by atoms with E-state index in [9.17, 15) is 20.1 Å². The molecule has 0 heterocycles. The molecule has 0 fully saturated rings. The van der Waals surface area contributed by atoms with Crippen LogP contribution >= 0.6 is 0 Å². The summed E-state index contributed by atoms with van der Waals surface area (Å²) in [6.45, 7) is 0. The van der Waals surface area contributed by atoms with Crippen LogP contribution in [0.3, 0.4) is 0 Å². The van der Waals surface area contributed by atoms with Crippen LogP contribution in [0, 0.1) is 0 Å². The number of aliphatic hydroxyl groups excluding tert-OH is 1. The number of aliphatic carboxylic acids is 1. The lowest BCUT2D eigenvalue weighted by Gasteiger charge is -2.42. The van der Waals surface area contributed by atoms with Gasteiger partial charge in [-0.25, -0.2) is 4.79 Å². The molecule has 1 aliphatic rings. The van der Waals surface area contributed by atoms with Gasteiger partial charge in [0.1, 0.15) is 6.10 Å². The van der Waals surface area contributed by atoms with Gasteiger partial charge in [-0.2, -0.15) is 0 Å². The van der Waals surface area contributed by atoms with Crippen molar-refractivity contribution in [2.24, 2.45) is 11.5 Å². The van der Waals surface area contributed by atoms with E-state index >= 15 is 0 Å². The van der Waals surface area contributed by atoms with E-state index in [0.717, 1.165) is 6.08 Å². The Morgan fingerprint density at radius 3 is 2.36 bits per heavy atom. The molecule has 1 rings (SSSR count). The van der Waals surface area contributed by atoms with Gasteiger partial charge in [-0.05, 0) is 6.08 Å². The molecular formula is C7H12N2O5. The first-order valence-corrected chi connectivity index (χ1v) is 3.83. The Morgan fingerprint density at radius 2 is 2.00 bits per heavy atom. The van der Waals surface area contributed by atoms with Crippen molar-refractivity contribution in [2.75, 3.05) is 0 Å². The van der Waals surface area contributed by atoms with Crippen LogP contribution in [-0.4, -0.2) is 43.9 Å². The van der Waals surface area contributed by atoms with Gasteiger partial charge in [0.25, 0.3) is 0 Å². The minimum absolute atomic E-state index is 0.294. The van der Waals surface area contributed by atoms with Crippen molar-refractivity contribution in [3.63, 3.8) is 0 Å². The molecule has 0 saturated heterocycles. The zero-order valence-corrected chi connectivity index (χ0v) is 7.21. The Balaban J connectivity index is 3.10. The van der Waals surface area contributed by atoms with Crippen LogP contribution in [0.5, 0.6) is 0 Å². The molecule has 0 amide bonds. The number of rotatable bonds is 1. The van der Waals surface area contributed by atoms with Crippen LogP contribution in [0.2, 0.25) is 0 Å². The van der Waals surface area contributed by atoms with E-state index < -0.39 is 29.9 Å². The van der Waals surface area contributed by atoms with Gasteiger partial charge in [0, 0.05) is 12.0 Å². The maximum Gasteiger partial charge on any atom is 0.331 e. The number of hydrogen-bond acceptors (Lipinski definition) is 6. The van der Waals surface area contributed by atoms with Gasteiger partial charge in [0.2, 0.25) is 0 Å². The van der Waals surface area contributed by atoms with Crippen molar-refractivity contribution in [2.45, 2.75) is 24.0 Å². The van der Waals surface area contributed by atoms with Crippen LogP contribution in [0.15, 0.2) is 11.6 Å². The summed E-state index contributed by atoms with van der Waals surface area (Å²) in [5.41, 5.74) is 5.23. The van der Waals surface area contributed by atoms with Crippen molar-refractivity contribution in [1.29, 1.82) is 0 Å². The van der Waals surface area contributed by atoms with E-state index in [1.165, 1.54) is 0 Å². The summed E-state index contributed by atoms with van der Waals surface area (Å²) < 4.78 is 0. The van der Waals surface area contributed by atoms with E-state index in [-0.39, 0.29) is 5.57 Å². The Morgan fingerprint density at radius 1 is 1.50 bits per heavy atom. The fourth-order valence-corrected chi connectivity index (χ4v) is 1.21. The zero-order valence-electron chi connectivity index (χ0n) is 7.21. The van der Waals surface area contributed by atoms with E-state index in [0.29, 0.717) is 0 Å². The quantitative estimate of drug-likeness (QED) is 0.250. The third-order valence-corrected chi connectivity index (χ3v) is 2.24. The summed E-state index contributed by atoms with van der Waals surface area (Å²) in [6, 6.07) is 0. The first-order valence-electron chi connectivity index (χ1n) is 3.83. The van der Waals surface area contributed by atoms with Crippen LogP contribution in [0.25, 0.3) is 0 Å². The SMILES string of the molecule is NC1(O)CC(C(=O)O)=CC(O)C1(N)O. The van der Waals surface area contributed by atoms with Crippen molar-refractivity contribution < 1.29 is 25.2 Å². The van der Waals surface area contributed by atoms with Crippen LogP contribution in [-0.2, 0) is 4.79 Å². The number of carbonyl (C=O) groups is 1. The van der Waals surface area contributed by atoms with Crippen molar-refractivity contribution >= 4 is 5.97 Å². The minimum Gasteiger partial charge on any atom is -0.478 e. The van der Waals surface area contributed by atoms with Crippen LogP contribution < -0.4 is 11.5 Å². The van der Waals surface area contributed by atoms with E-state index in [2.05, 4.69) is 0 Å². The molecule has 7 nitrogen and oxygen atoms in total. The molecule has 3 unspecified atom stereocenters. The monoisotopic (exact) mass is 204 g/mol. The number of hydrogen-bond donors (Lipinski definition) is 6. The van der Waals surface area contributed by atoms with Crippen molar-refractivity contribution in [3.8, 4) is 0 Å². The summed E-state index contributed by atoms with van der Waals surface area (Å²) in [4.78, 5) is 10.5. The number of carboxylic acids is 1. The standard InChI is InChI=1S/C7H12N2O5/c8-6(13)2-3(5(11)12)1-4(10)7(6,9)14/h1,4,10,13-14H,2,8-9H2,(H,11,12). The third-order valence-electron chi connectivity index (χ3n) is 2.24. The van der Waals surface area contributed by atoms with Gasteiger partial charge in [0.15, 0.2) is 11.4 Å². The normalized spacial score (nSPS) is 43.2. The Hall–Kier alpha value is -0.990. The molecule has 3 atom stereocenters. The number of aliphatic hydroxyl groups is 3. The average molecular weight is 204 g/mol. The topological polar surface area (TPSA) is 150 Å². The van der Waals surface area contributed by atoms with E-state index in [4.69, 9.17) is 16.6 Å². The van der Waals surface area contributed by atoms with E-state index in [1.807, 2.05) is 0 Å². The van der Waals surface area contributed by atoms with Crippen LogP contribution in [0.1, 0.15) is 6.42 Å². The number of carboxylic acid groups (broad SMARTS) is 1. The molecular weight excluding hydrogens is 192 g/mol. The second-order valence-electron chi connectivity index (χ2n) is 3.37. The maximum absolute atomic E-state index is 10.5. The molecule has 0 aromatic heterocycles. The lowest BCUT2D eigenvalue weighted by atomic mass is 9.83. The Kier molecular flexibility index (Phi) is 2.38. The summed E-state index contributed by atoms with van der Waals surface area (Å²) in [5, 5.41) is 36.6. The van der Waals surface area contributed by atoms with Crippen LogP contribution in [0.4, 0.5) is 0 Å². The molecule has 14 heavy (non-hydrogen) atoms. The molecule has 0 aromatic carbocycles. The molecule has 0 bridgehead atoms. The molecule has 0 aliphatic heterocycles. The lowest BCUT2D eigenvalue weighted by Crippen LogP contribution is -2.73. The molecule has 7 heteroatoms. The third kappa shape index (κ3) is 1.51. The fraction of sp³-hybridized carbons (Fsp3) is 0.571. The molecule has 0 spiro atoms. The molecule has 1 aliphatic carbocycles. The van der Waals surface area contributed by atoms with Crippen molar-refractivity contribution in [1.82, 2.24) is 0 Å². The summed E-state index contributed by atoms with van der Waals surface area (Å²) in [6.07, 6.45) is -1.41. The Bertz CT molecular complexity index is 296. The van der Waals surface area contributed by atoms with Gasteiger partial charge in [-0.3, -0.25) is 11.5 Å². The maximum atomic E-state index is 10.5. The second-order valence-corrected chi connectivity index (χ2v) is 3.37. The van der Waals surface area contributed by atoms with Gasteiger partial charge >= 0.3 is 5.97 Å². The summed E-state index contributed by atoms with van der Waals surface area (Å²) >= 11 is 0. The number of nitrogens with two attached hydrogens (primary N) is 2. The highest BCUT2D eigenvalue weighted by Crippen LogP contribution is 2.29. The van der Waals surface area contributed by atoms with Gasteiger partial charge in [0.05, 0.1) is 0 Å². The highest BCUT2D eigenvalue weighted by Gasteiger charge is 2.52. The first kappa shape index (κ1) is 11.1. The second kappa shape index (κ2) is 3.01. The first-order chi connectivity index (χ1) is 6.18. The molecule has 0 saturated carbocycles. The molecule has 80 valence electrons. The average Bonchev–Trinajstić information content (AvgIpc) is 1.99. The minimum atomic E-state index is -2.45. The largest absolute Gasteiger partial charge is 0.478 e. The zero-order chi connectivity index (χ0) is 11.1. The van der Waals surface area contributed by atoms with E-state index in [1.54, 1.807) is 0 Å². The summed E-state index contributed by atoms with van der Waals surface area (Å²) in [7, 11) is 0. The molecule has 0 radical (unpaired) electrons.